The number of carbonyl (C=O) groups excluding carboxylic acids is 5. The Labute approximate surface area is 350 Å². The second-order valence-electron chi connectivity index (χ2n) is 15.5. The van der Waals surface area contributed by atoms with Crippen LogP contribution in [0.5, 0.6) is 0 Å². The van der Waals surface area contributed by atoms with Crippen molar-refractivity contribution in [3.63, 3.8) is 0 Å². The number of nitrogens with zero attached hydrogens (tertiary/aromatic N) is 6. The molecule has 1 N–H and O–H groups in total. The first-order chi connectivity index (χ1) is 29.7. The Kier molecular flexibility index (Phi) is 10.6. The van der Waals surface area contributed by atoms with Gasteiger partial charge in [-0.25, -0.2) is 0 Å². The third-order valence-corrected chi connectivity index (χ3v) is 12.0. The van der Waals surface area contributed by atoms with Gasteiger partial charge in [0.2, 0.25) is 0 Å². The summed E-state index contributed by atoms with van der Waals surface area (Å²) in [4.78, 5) is 76.3. The summed E-state index contributed by atoms with van der Waals surface area (Å²) in [6, 6.07) is 28.1. The van der Waals surface area contributed by atoms with E-state index in [1.54, 1.807) is 73.2 Å². The van der Waals surface area contributed by atoms with Gasteiger partial charge in [-0.05, 0) is 98.7 Å². The van der Waals surface area contributed by atoms with Crippen molar-refractivity contribution in [3.8, 4) is 0 Å². The molecule has 0 saturated carbocycles. The molecule has 61 heavy (non-hydrogen) atoms. The molecule has 0 spiro atoms. The van der Waals surface area contributed by atoms with Crippen molar-refractivity contribution < 1.29 is 33.8 Å². The minimum atomic E-state index is -0.339. The number of benzene rings is 2. The van der Waals surface area contributed by atoms with E-state index >= 15 is 0 Å². The number of amides is 4. The maximum absolute atomic E-state index is 12.5. The lowest BCUT2D eigenvalue weighted by atomic mass is 10.1. The average molecular weight is 813 g/mol. The number of aromatic nitrogens is 4. The monoisotopic (exact) mass is 812 g/mol. The van der Waals surface area contributed by atoms with Crippen LogP contribution in [-0.2, 0) is 25.7 Å². The standard InChI is InChI=1S/C16H12N2O3.C16H12N2O2.C8H9NO.C8H7NO/c19-15-10-4-1-2-5-11(10)16(20)18(15)14-8-7-13-12(14)6-3-9-17(13)21;19-15-10-4-1-2-5-11(10)16(20)18(15)14-8-7-13-12(14)6-3-9-17-13;2*10-8-4-3-7-6(8)2-1-5-9-7/h1-6,9,14H,7-8H2;1-6,9,14H,7-8H2;1-2,5,8,10H,3-4H2;1-2,5H,3-4H2/t2*14-;8-;/m110./s1. The molecular formula is C48H40N6O7. The summed E-state index contributed by atoms with van der Waals surface area (Å²) in [5.41, 5.74) is 9.21. The average Bonchev–Trinajstić information content (AvgIpc) is 4.16. The van der Waals surface area contributed by atoms with Crippen LogP contribution in [-0.4, -0.2) is 59.3 Å². The van der Waals surface area contributed by atoms with Gasteiger partial charge >= 0.3 is 0 Å². The van der Waals surface area contributed by atoms with E-state index in [-0.39, 0.29) is 47.6 Å². The molecule has 0 saturated heterocycles. The van der Waals surface area contributed by atoms with Crippen LogP contribution in [0.3, 0.4) is 0 Å². The van der Waals surface area contributed by atoms with Crippen LogP contribution >= 0.6 is 0 Å². The molecule has 4 aliphatic carbocycles. The lowest BCUT2D eigenvalue weighted by Gasteiger charge is -2.22. The highest BCUT2D eigenvalue weighted by atomic mass is 16.5. The van der Waals surface area contributed by atoms with Crippen molar-refractivity contribution in [3.05, 3.63) is 194 Å². The fourth-order valence-electron chi connectivity index (χ4n) is 9.08. The van der Waals surface area contributed by atoms with Crippen molar-refractivity contribution in [2.75, 3.05) is 0 Å². The molecule has 3 atom stereocenters. The molecule has 0 bridgehead atoms. The fourth-order valence-corrected chi connectivity index (χ4v) is 9.08. The Balaban J connectivity index is 0.000000110. The van der Waals surface area contributed by atoms with Crippen molar-refractivity contribution in [2.45, 2.75) is 69.6 Å². The highest BCUT2D eigenvalue weighted by Gasteiger charge is 2.45. The van der Waals surface area contributed by atoms with Crippen molar-refractivity contribution in [2.24, 2.45) is 0 Å². The first kappa shape index (κ1) is 39.2. The molecule has 13 nitrogen and oxygen atoms in total. The molecule has 13 heteroatoms. The summed E-state index contributed by atoms with van der Waals surface area (Å²) in [5.74, 6) is -0.674. The van der Waals surface area contributed by atoms with Crippen molar-refractivity contribution in [1.82, 2.24) is 24.8 Å². The molecule has 2 aliphatic heterocycles. The fraction of sp³-hybridized carbons (Fsp3) is 0.229. The first-order valence-electron chi connectivity index (χ1n) is 20.4. The number of aliphatic hydroxyl groups is 1. The lowest BCUT2D eigenvalue weighted by molar-refractivity contribution is -0.613. The Morgan fingerprint density at radius 1 is 0.492 bits per heavy atom. The first-order valence-corrected chi connectivity index (χ1v) is 20.4. The Bertz CT molecular complexity index is 2680. The second-order valence-corrected chi connectivity index (χ2v) is 15.5. The van der Waals surface area contributed by atoms with E-state index in [2.05, 4.69) is 15.0 Å². The summed E-state index contributed by atoms with van der Waals surface area (Å²) >= 11 is 0. The zero-order chi connectivity index (χ0) is 42.2. The maximum atomic E-state index is 12.5. The molecule has 0 fully saturated rings. The van der Waals surface area contributed by atoms with Gasteiger partial charge in [-0.2, -0.15) is 4.73 Å². The molecular weight excluding hydrogens is 773 g/mol. The van der Waals surface area contributed by atoms with Crippen LogP contribution in [0.1, 0.15) is 135 Å². The zero-order valence-corrected chi connectivity index (χ0v) is 33.0. The molecule has 4 amide bonds. The number of pyridine rings is 4. The van der Waals surface area contributed by atoms with Crippen LogP contribution in [0, 0.1) is 5.21 Å². The maximum Gasteiger partial charge on any atom is 0.262 e. The van der Waals surface area contributed by atoms with E-state index in [1.807, 2.05) is 42.5 Å². The Morgan fingerprint density at radius 2 is 0.951 bits per heavy atom. The number of hydrogen-bond acceptors (Lipinski definition) is 10. The van der Waals surface area contributed by atoms with Crippen LogP contribution in [0.15, 0.2) is 122 Å². The van der Waals surface area contributed by atoms with Gasteiger partial charge in [0, 0.05) is 65.6 Å². The molecule has 4 aromatic heterocycles. The predicted octanol–water partition coefficient (Wildman–Crippen LogP) is 6.24. The summed E-state index contributed by atoms with van der Waals surface area (Å²) in [5, 5.41) is 21.1. The number of Topliss-reactive ketones (excluding diaryl/α,β-unsaturated/α-hetero) is 1. The normalized spacial score (nSPS) is 19.7. The Morgan fingerprint density at radius 3 is 1.52 bits per heavy atom. The van der Waals surface area contributed by atoms with Gasteiger partial charge in [0.1, 0.15) is 0 Å². The van der Waals surface area contributed by atoms with Gasteiger partial charge in [0.25, 0.3) is 23.6 Å². The molecule has 6 aliphatic rings. The summed E-state index contributed by atoms with van der Waals surface area (Å²) < 4.78 is 0.827. The van der Waals surface area contributed by atoms with Gasteiger partial charge in [0.05, 0.1) is 46.1 Å². The predicted molar refractivity (Wildman–Crippen MR) is 220 cm³/mol. The number of rotatable bonds is 2. The van der Waals surface area contributed by atoms with E-state index in [0.29, 0.717) is 47.2 Å². The van der Waals surface area contributed by atoms with Crippen molar-refractivity contribution >= 4 is 29.4 Å². The van der Waals surface area contributed by atoms with Gasteiger partial charge in [0.15, 0.2) is 17.7 Å². The number of carbonyl (C=O) groups is 5. The van der Waals surface area contributed by atoms with E-state index in [4.69, 9.17) is 0 Å². The number of aryl methyl sites for hydroxylation is 3. The SMILES string of the molecule is O=C1CCc2ncccc21.O=C1c2ccccc2C(=O)N1[C@@H]1CCc2c1ccc[n+]2[O-].O=C1c2ccccc2C(=O)N1[C@@H]1CCc2ncccc21.O[C@H]1CCc2ncccc21. The highest BCUT2D eigenvalue weighted by Crippen LogP contribution is 2.40. The number of aliphatic hydroxyl groups excluding tert-OH is 1. The van der Waals surface area contributed by atoms with E-state index in [9.17, 15) is 34.3 Å². The quantitative estimate of drug-likeness (QED) is 0.120. The molecule has 0 unspecified atom stereocenters. The highest BCUT2D eigenvalue weighted by molar-refractivity contribution is 6.22. The number of ketones is 1. The third kappa shape index (κ3) is 7.16. The molecule has 6 heterocycles. The zero-order valence-electron chi connectivity index (χ0n) is 33.0. The summed E-state index contributed by atoms with van der Waals surface area (Å²) in [6.45, 7) is 0. The van der Waals surface area contributed by atoms with Crippen LogP contribution in [0.25, 0.3) is 0 Å². The van der Waals surface area contributed by atoms with Crippen LogP contribution < -0.4 is 4.73 Å². The van der Waals surface area contributed by atoms with Crippen molar-refractivity contribution in [1.29, 1.82) is 0 Å². The summed E-state index contributed by atoms with van der Waals surface area (Å²) in [7, 11) is 0. The number of imide groups is 2. The largest absolute Gasteiger partial charge is 0.618 e. The van der Waals surface area contributed by atoms with Gasteiger partial charge in [-0.1, -0.05) is 36.4 Å². The number of fused-ring (bicyclic) bond motifs is 6. The summed E-state index contributed by atoms with van der Waals surface area (Å²) in [6.07, 6.45) is 12.5. The molecule has 6 aromatic rings. The topological polar surface area (TPSA) is 178 Å². The van der Waals surface area contributed by atoms with Gasteiger partial charge < -0.3 is 10.3 Å². The second kappa shape index (κ2) is 16.4. The molecule has 304 valence electrons. The number of hydrogen-bond donors (Lipinski definition) is 1. The minimum absolute atomic E-state index is 0.175. The molecule has 2 aromatic carbocycles. The smallest absolute Gasteiger partial charge is 0.262 e. The third-order valence-electron chi connectivity index (χ3n) is 12.0. The minimum Gasteiger partial charge on any atom is -0.618 e. The van der Waals surface area contributed by atoms with E-state index < -0.39 is 0 Å². The lowest BCUT2D eigenvalue weighted by Crippen LogP contribution is -2.34. The molecule has 0 radical (unpaired) electrons. The Hall–Kier alpha value is -7.25. The van der Waals surface area contributed by atoms with Gasteiger partial charge in [-0.15, -0.1) is 0 Å². The van der Waals surface area contributed by atoms with Crippen LogP contribution in [0.4, 0.5) is 0 Å². The molecule has 12 rings (SSSR count). The van der Waals surface area contributed by atoms with E-state index in [1.165, 1.54) is 16.0 Å². The van der Waals surface area contributed by atoms with E-state index in [0.717, 1.165) is 76.2 Å². The van der Waals surface area contributed by atoms with Crippen LogP contribution in [0.2, 0.25) is 0 Å². The van der Waals surface area contributed by atoms with Gasteiger partial charge in [-0.3, -0.25) is 48.7 Å².